The molecule has 0 aliphatic heterocycles. The third-order valence-corrected chi connectivity index (χ3v) is 8.55. The zero-order valence-electron chi connectivity index (χ0n) is 20.3. The first kappa shape index (κ1) is 20.5. The number of hydrogen-bond acceptors (Lipinski definition) is 0. The van der Waals surface area contributed by atoms with E-state index in [1.165, 1.54) is 65.7 Å². The van der Waals surface area contributed by atoms with Gasteiger partial charge in [-0.25, -0.2) is 0 Å². The zero-order chi connectivity index (χ0) is 23.6. The molecule has 0 atom stereocenters. The Balaban J connectivity index is 1.56. The van der Waals surface area contributed by atoms with Crippen molar-refractivity contribution in [2.45, 2.75) is 32.1 Å². The van der Waals surface area contributed by atoms with E-state index in [0.29, 0.717) is 0 Å². The van der Waals surface area contributed by atoms with Crippen molar-refractivity contribution in [2.24, 2.45) is 0 Å². The SMILES string of the molecule is CCC1(CC)c2ccccc2-c2ccc(-c3cc4c5ccccc5ccc4c4ccccc34)cc21. The maximum absolute atomic E-state index is 2.50. The molecule has 0 nitrogen and oxygen atoms in total. The van der Waals surface area contributed by atoms with E-state index in [1.54, 1.807) is 0 Å². The van der Waals surface area contributed by atoms with Crippen molar-refractivity contribution in [3.8, 4) is 22.3 Å². The molecule has 0 heterocycles. The highest BCUT2D eigenvalue weighted by molar-refractivity contribution is 6.21. The molecule has 0 fully saturated rings. The van der Waals surface area contributed by atoms with Crippen molar-refractivity contribution in [3.63, 3.8) is 0 Å². The normalized spacial score (nSPS) is 13.9. The number of hydrogen-bond donors (Lipinski definition) is 0. The predicted octanol–water partition coefficient (Wildman–Crippen LogP) is 9.90. The van der Waals surface area contributed by atoms with Crippen molar-refractivity contribution in [1.29, 1.82) is 0 Å². The summed E-state index contributed by atoms with van der Waals surface area (Å²) in [6, 6.07) is 40.9. The highest BCUT2D eigenvalue weighted by atomic mass is 14.4. The first-order chi connectivity index (χ1) is 17.2. The summed E-state index contributed by atoms with van der Waals surface area (Å²) in [6.45, 7) is 4.69. The quantitative estimate of drug-likeness (QED) is 0.236. The predicted molar refractivity (Wildman–Crippen MR) is 151 cm³/mol. The van der Waals surface area contributed by atoms with Crippen molar-refractivity contribution in [2.75, 3.05) is 0 Å². The highest BCUT2D eigenvalue weighted by Gasteiger charge is 2.40. The van der Waals surface area contributed by atoms with Crippen LogP contribution in [0.1, 0.15) is 37.8 Å². The van der Waals surface area contributed by atoms with E-state index in [9.17, 15) is 0 Å². The Labute approximate surface area is 206 Å². The molecule has 0 aromatic heterocycles. The first-order valence-corrected chi connectivity index (χ1v) is 12.8. The van der Waals surface area contributed by atoms with Gasteiger partial charge >= 0.3 is 0 Å². The first-order valence-electron chi connectivity index (χ1n) is 12.8. The molecule has 7 rings (SSSR count). The lowest BCUT2D eigenvalue weighted by atomic mass is 9.73. The molecular formula is C35H28. The minimum absolute atomic E-state index is 0.0846. The summed E-state index contributed by atoms with van der Waals surface area (Å²) in [7, 11) is 0. The van der Waals surface area contributed by atoms with Crippen molar-refractivity contribution < 1.29 is 0 Å². The summed E-state index contributed by atoms with van der Waals surface area (Å²) in [5.41, 5.74) is 8.52. The second kappa shape index (κ2) is 7.55. The summed E-state index contributed by atoms with van der Waals surface area (Å²) in [6.07, 6.45) is 2.22. The van der Waals surface area contributed by atoms with Crippen LogP contribution in [0.15, 0.2) is 109 Å². The van der Waals surface area contributed by atoms with Crippen molar-refractivity contribution >= 4 is 32.3 Å². The van der Waals surface area contributed by atoms with Gasteiger partial charge in [-0.1, -0.05) is 111 Å². The largest absolute Gasteiger partial charge is 0.0642 e. The maximum Gasteiger partial charge on any atom is 0.0210 e. The minimum atomic E-state index is 0.0846. The van der Waals surface area contributed by atoms with Crippen LogP contribution in [0.5, 0.6) is 0 Å². The summed E-state index contributed by atoms with van der Waals surface area (Å²) in [4.78, 5) is 0. The Morgan fingerprint density at radius 2 is 1.11 bits per heavy atom. The van der Waals surface area contributed by atoms with Gasteiger partial charge in [0, 0.05) is 5.41 Å². The van der Waals surface area contributed by atoms with Gasteiger partial charge in [0.05, 0.1) is 0 Å². The van der Waals surface area contributed by atoms with Crippen LogP contribution in [-0.2, 0) is 5.41 Å². The van der Waals surface area contributed by atoms with Crippen LogP contribution in [0.25, 0.3) is 54.6 Å². The lowest BCUT2D eigenvalue weighted by molar-refractivity contribution is 0.490. The van der Waals surface area contributed by atoms with Crippen LogP contribution in [-0.4, -0.2) is 0 Å². The molecule has 0 saturated heterocycles. The van der Waals surface area contributed by atoms with Gasteiger partial charge in [-0.05, 0) is 90.7 Å². The van der Waals surface area contributed by atoms with Crippen molar-refractivity contribution in [3.05, 3.63) is 120 Å². The van der Waals surface area contributed by atoms with Gasteiger partial charge in [-0.15, -0.1) is 0 Å². The Morgan fingerprint density at radius 3 is 1.94 bits per heavy atom. The van der Waals surface area contributed by atoms with Gasteiger partial charge in [0.25, 0.3) is 0 Å². The summed E-state index contributed by atoms with van der Waals surface area (Å²) >= 11 is 0. The zero-order valence-corrected chi connectivity index (χ0v) is 20.3. The number of fused-ring (bicyclic) bond motifs is 8. The van der Waals surface area contributed by atoms with Crippen LogP contribution in [0.4, 0.5) is 0 Å². The summed E-state index contributed by atoms with van der Waals surface area (Å²) in [5.74, 6) is 0. The van der Waals surface area contributed by atoms with Crippen LogP contribution >= 0.6 is 0 Å². The third kappa shape index (κ3) is 2.74. The summed E-state index contributed by atoms with van der Waals surface area (Å²) in [5, 5.41) is 7.92. The van der Waals surface area contributed by atoms with E-state index >= 15 is 0 Å². The molecule has 0 bridgehead atoms. The highest BCUT2D eigenvalue weighted by Crippen LogP contribution is 2.53. The lowest BCUT2D eigenvalue weighted by Crippen LogP contribution is -2.23. The lowest BCUT2D eigenvalue weighted by Gasteiger charge is -2.30. The van der Waals surface area contributed by atoms with E-state index in [1.807, 2.05) is 0 Å². The molecule has 0 heteroatoms. The molecule has 1 aliphatic rings. The van der Waals surface area contributed by atoms with Crippen molar-refractivity contribution in [1.82, 2.24) is 0 Å². The minimum Gasteiger partial charge on any atom is -0.0642 e. The van der Waals surface area contributed by atoms with Crippen LogP contribution < -0.4 is 0 Å². The van der Waals surface area contributed by atoms with E-state index in [2.05, 4.69) is 123 Å². The standard InChI is InChI=1S/C35H28/c1-3-35(4-2)33-16-10-9-15-29(33)30-20-18-24(21-34(30)35)31-22-32-25-12-6-5-11-23(25)17-19-28(32)26-13-7-8-14-27(26)31/h5-22H,3-4H2,1-2H3. The van der Waals surface area contributed by atoms with Crippen LogP contribution in [0.2, 0.25) is 0 Å². The van der Waals surface area contributed by atoms with Crippen LogP contribution in [0, 0.1) is 0 Å². The van der Waals surface area contributed by atoms with Gasteiger partial charge < -0.3 is 0 Å². The average Bonchev–Trinajstić information content (AvgIpc) is 3.21. The fraction of sp³-hybridized carbons (Fsp3) is 0.143. The molecule has 6 aromatic carbocycles. The molecule has 35 heavy (non-hydrogen) atoms. The Morgan fingerprint density at radius 1 is 0.457 bits per heavy atom. The molecule has 6 aromatic rings. The Hall–Kier alpha value is -3.90. The smallest absolute Gasteiger partial charge is 0.0210 e. The second-order valence-electron chi connectivity index (χ2n) is 9.95. The molecule has 1 aliphatic carbocycles. The Kier molecular flexibility index (Phi) is 4.42. The molecule has 0 radical (unpaired) electrons. The monoisotopic (exact) mass is 448 g/mol. The molecule has 168 valence electrons. The van der Waals surface area contributed by atoms with Gasteiger partial charge in [-0.2, -0.15) is 0 Å². The Bertz CT molecular complexity index is 1770. The maximum atomic E-state index is 2.50. The van der Waals surface area contributed by atoms with E-state index < -0.39 is 0 Å². The molecule has 0 spiro atoms. The fourth-order valence-corrected chi connectivity index (χ4v) is 6.73. The molecule has 0 N–H and O–H groups in total. The summed E-state index contributed by atoms with van der Waals surface area (Å²) < 4.78 is 0. The fourth-order valence-electron chi connectivity index (χ4n) is 6.73. The number of benzene rings is 6. The van der Waals surface area contributed by atoms with E-state index in [0.717, 1.165) is 12.8 Å². The topological polar surface area (TPSA) is 0 Å². The van der Waals surface area contributed by atoms with E-state index in [4.69, 9.17) is 0 Å². The van der Waals surface area contributed by atoms with Gasteiger partial charge in [0.2, 0.25) is 0 Å². The van der Waals surface area contributed by atoms with Gasteiger partial charge in [0.1, 0.15) is 0 Å². The molecular weight excluding hydrogens is 420 g/mol. The average molecular weight is 449 g/mol. The van der Waals surface area contributed by atoms with E-state index in [-0.39, 0.29) is 5.41 Å². The van der Waals surface area contributed by atoms with Gasteiger partial charge in [-0.3, -0.25) is 0 Å². The molecule has 0 amide bonds. The third-order valence-electron chi connectivity index (χ3n) is 8.55. The molecule has 0 unspecified atom stereocenters. The second-order valence-corrected chi connectivity index (χ2v) is 9.95. The van der Waals surface area contributed by atoms with Gasteiger partial charge in [0.15, 0.2) is 0 Å². The number of rotatable bonds is 3. The van der Waals surface area contributed by atoms with Crippen LogP contribution in [0.3, 0.4) is 0 Å². The molecule has 0 saturated carbocycles.